The van der Waals surface area contributed by atoms with Gasteiger partial charge in [-0.05, 0) is 12.1 Å². The van der Waals surface area contributed by atoms with Crippen LogP contribution >= 0.6 is 0 Å². The van der Waals surface area contributed by atoms with E-state index in [1.807, 2.05) is 0 Å². The Morgan fingerprint density at radius 3 is 2.46 bits per heavy atom. The van der Waals surface area contributed by atoms with Crippen LogP contribution in [0, 0.1) is 0 Å². The maximum atomic E-state index is 10.6. The summed E-state index contributed by atoms with van der Waals surface area (Å²) in [5.41, 5.74) is 0.00685. The second-order valence-electron chi connectivity index (χ2n) is 2.29. The highest BCUT2D eigenvalue weighted by molar-refractivity contribution is 6.18. The number of aromatic amines is 1. The van der Waals surface area contributed by atoms with Gasteiger partial charge in [0.1, 0.15) is 0 Å². The first-order valence-electron chi connectivity index (χ1n) is 3.43. The Labute approximate surface area is 73.3 Å². The molecule has 0 fully saturated rings. The molecule has 0 atom stereocenters. The highest BCUT2D eigenvalue weighted by Crippen LogP contribution is 2.11. The molecule has 5 heteroatoms. The van der Waals surface area contributed by atoms with Gasteiger partial charge in [0.25, 0.3) is 0 Å². The van der Waals surface area contributed by atoms with Gasteiger partial charge in [0.2, 0.25) is 0 Å². The van der Waals surface area contributed by atoms with E-state index in [9.17, 15) is 9.59 Å². The van der Waals surface area contributed by atoms with Crippen molar-refractivity contribution in [2.24, 2.45) is 0 Å². The molecule has 0 aliphatic rings. The van der Waals surface area contributed by atoms with Crippen LogP contribution in [0.3, 0.4) is 0 Å². The minimum absolute atomic E-state index is 0.266. The van der Waals surface area contributed by atoms with Gasteiger partial charge in [-0.3, -0.25) is 0 Å². The zero-order chi connectivity index (χ0) is 9.84. The molecule has 3 N–H and O–H groups in total. The van der Waals surface area contributed by atoms with Crippen molar-refractivity contribution in [2.75, 3.05) is 0 Å². The van der Waals surface area contributed by atoms with Gasteiger partial charge in [-0.25, -0.2) is 9.59 Å². The summed E-state index contributed by atoms with van der Waals surface area (Å²) in [6, 6.07) is 3.08. The Morgan fingerprint density at radius 1 is 1.38 bits per heavy atom. The molecular weight excluding hydrogens is 174 g/mol. The van der Waals surface area contributed by atoms with Crippen LogP contribution in [0.15, 0.2) is 24.4 Å². The van der Waals surface area contributed by atoms with Gasteiger partial charge in [-0.2, -0.15) is 0 Å². The predicted octanol–water partition coefficient (Wildman–Crippen LogP) is 0.567. The van der Waals surface area contributed by atoms with E-state index in [4.69, 9.17) is 10.2 Å². The lowest BCUT2D eigenvalue weighted by atomic mass is 10.2. The number of carbonyl (C=O) groups is 2. The molecule has 0 saturated heterocycles. The molecule has 1 rings (SSSR count). The first-order valence-corrected chi connectivity index (χ1v) is 3.43. The number of hydrogen-bond acceptors (Lipinski definition) is 2. The molecule has 1 heterocycles. The molecule has 1 aromatic heterocycles. The summed E-state index contributed by atoms with van der Waals surface area (Å²) in [7, 11) is 0. The molecule has 0 radical (unpaired) electrons. The van der Waals surface area contributed by atoms with Crippen molar-refractivity contribution in [3.63, 3.8) is 0 Å². The lowest BCUT2D eigenvalue weighted by molar-refractivity contribution is -0.133. The molecule has 0 saturated carbocycles. The van der Waals surface area contributed by atoms with Gasteiger partial charge in [0, 0.05) is 12.3 Å². The van der Waals surface area contributed by atoms with E-state index in [0.717, 1.165) is 0 Å². The highest BCUT2D eigenvalue weighted by Gasteiger charge is 2.12. The van der Waals surface area contributed by atoms with Crippen LogP contribution in [0.1, 0.15) is 5.69 Å². The van der Waals surface area contributed by atoms with Gasteiger partial charge in [-0.15, -0.1) is 0 Å². The number of rotatable bonds is 3. The summed E-state index contributed by atoms with van der Waals surface area (Å²) in [4.78, 5) is 23.4. The van der Waals surface area contributed by atoms with E-state index in [-0.39, 0.29) is 11.3 Å². The van der Waals surface area contributed by atoms with E-state index in [0.29, 0.717) is 6.08 Å². The van der Waals surface area contributed by atoms with Gasteiger partial charge in [0.15, 0.2) is 0 Å². The van der Waals surface area contributed by atoms with E-state index in [1.54, 1.807) is 6.07 Å². The molecule has 0 spiro atoms. The largest absolute Gasteiger partial charge is 0.478 e. The summed E-state index contributed by atoms with van der Waals surface area (Å²) in [5.74, 6) is -2.56. The fourth-order valence-corrected chi connectivity index (χ4v) is 0.876. The lowest BCUT2D eigenvalue weighted by Crippen LogP contribution is -2.03. The van der Waals surface area contributed by atoms with Crippen molar-refractivity contribution >= 4 is 17.5 Å². The topological polar surface area (TPSA) is 90.4 Å². The molecule has 0 aliphatic carbocycles. The maximum absolute atomic E-state index is 10.6. The number of aliphatic carboxylic acids is 2. The summed E-state index contributed by atoms with van der Waals surface area (Å²) >= 11 is 0. The Morgan fingerprint density at radius 2 is 2.08 bits per heavy atom. The van der Waals surface area contributed by atoms with E-state index in [1.165, 1.54) is 12.3 Å². The quantitative estimate of drug-likeness (QED) is 0.594. The minimum atomic E-state index is -1.29. The number of hydrogen-bond donors (Lipinski definition) is 3. The zero-order valence-electron chi connectivity index (χ0n) is 6.52. The first kappa shape index (κ1) is 9.05. The third-order valence-corrected chi connectivity index (χ3v) is 1.39. The van der Waals surface area contributed by atoms with Gasteiger partial charge in [-0.1, -0.05) is 0 Å². The van der Waals surface area contributed by atoms with Crippen molar-refractivity contribution < 1.29 is 19.8 Å². The molecule has 0 aromatic carbocycles. The number of carboxylic acids is 2. The van der Waals surface area contributed by atoms with Crippen molar-refractivity contribution in [3.05, 3.63) is 30.1 Å². The van der Waals surface area contributed by atoms with Crippen molar-refractivity contribution in [1.29, 1.82) is 0 Å². The smallest absolute Gasteiger partial charge is 0.338 e. The normalized spacial score (nSPS) is 11.2. The highest BCUT2D eigenvalue weighted by atomic mass is 16.4. The van der Waals surface area contributed by atoms with Crippen LogP contribution in [0.2, 0.25) is 0 Å². The second-order valence-corrected chi connectivity index (χ2v) is 2.29. The number of H-pyrrole nitrogens is 1. The van der Waals surface area contributed by atoms with Crippen LogP contribution in [-0.4, -0.2) is 27.1 Å². The van der Waals surface area contributed by atoms with Gasteiger partial charge >= 0.3 is 11.9 Å². The summed E-state index contributed by atoms with van der Waals surface area (Å²) in [6.07, 6.45) is 2.17. The first-order chi connectivity index (χ1) is 6.11. The van der Waals surface area contributed by atoms with Crippen LogP contribution < -0.4 is 0 Å². The molecular formula is C8H7NO4. The summed E-state index contributed by atoms with van der Waals surface area (Å²) < 4.78 is 0. The molecule has 5 nitrogen and oxygen atoms in total. The van der Waals surface area contributed by atoms with E-state index < -0.39 is 11.9 Å². The second kappa shape index (κ2) is 3.57. The summed E-state index contributed by atoms with van der Waals surface area (Å²) in [5, 5.41) is 17.0. The Balaban J connectivity index is 3.08. The van der Waals surface area contributed by atoms with E-state index >= 15 is 0 Å². The molecule has 13 heavy (non-hydrogen) atoms. The van der Waals surface area contributed by atoms with Gasteiger partial charge in [0.05, 0.1) is 11.3 Å². The Kier molecular flexibility index (Phi) is 2.49. The number of aromatic nitrogens is 1. The van der Waals surface area contributed by atoms with E-state index in [2.05, 4.69) is 4.98 Å². The zero-order valence-corrected chi connectivity index (χ0v) is 6.52. The predicted molar refractivity (Wildman–Crippen MR) is 44.0 cm³/mol. The minimum Gasteiger partial charge on any atom is -0.478 e. The molecule has 68 valence electrons. The molecule has 0 amide bonds. The molecule has 1 aromatic rings. The van der Waals surface area contributed by atoms with Crippen LogP contribution in [0.5, 0.6) is 0 Å². The Bertz CT molecular complexity index is 350. The van der Waals surface area contributed by atoms with Gasteiger partial charge < -0.3 is 15.2 Å². The monoisotopic (exact) mass is 181 g/mol. The van der Waals surface area contributed by atoms with Crippen molar-refractivity contribution in [1.82, 2.24) is 4.98 Å². The SMILES string of the molecule is O=C(O)/C=C(\C(=O)O)c1ccc[nH]1. The lowest BCUT2D eigenvalue weighted by Gasteiger charge is -1.96. The standard InChI is InChI=1S/C8H7NO4/c10-7(11)4-5(8(12)13)6-2-1-3-9-6/h1-4,9H,(H,10,11)(H,12,13)/b5-4-. The average Bonchev–Trinajstić information content (AvgIpc) is 2.50. The van der Waals surface area contributed by atoms with Crippen molar-refractivity contribution in [3.8, 4) is 0 Å². The maximum Gasteiger partial charge on any atom is 0.338 e. The van der Waals surface area contributed by atoms with Crippen LogP contribution in [0.25, 0.3) is 5.57 Å². The molecule has 0 aliphatic heterocycles. The molecule has 0 bridgehead atoms. The molecule has 0 unspecified atom stereocenters. The fraction of sp³-hybridized carbons (Fsp3) is 0. The van der Waals surface area contributed by atoms with Crippen LogP contribution in [-0.2, 0) is 9.59 Å². The number of carboxylic acid groups (broad SMARTS) is 2. The van der Waals surface area contributed by atoms with Crippen molar-refractivity contribution in [2.45, 2.75) is 0 Å². The fourth-order valence-electron chi connectivity index (χ4n) is 0.876. The average molecular weight is 181 g/mol. The third kappa shape index (κ3) is 2.19. The summed E-state index contributed by atoms with van der Waals surface area (Å²) in [6.45, 7) is 0. The van der Waals surface area contributed by atoms with Crippen LogP contribution in [0.4, 0.5) is 0 Å². The number of nitrogens with one attached hydrogen (secondary N) is 1. The Hall–Kier alpha value is -2.04. The third-order valence-electron chi connectivity index (χ3n) is 1.39.